The van der Waals surface area contributed by atoms with E-state index in [9.17, 15) is 0 Å². The number of nitrogens with one attached hydrogen (secondary N) is 1. The highest BCUT2D eigenvalue weighted by molar-refractivity contribution is 7.99. The van der Waals surface area contributed by atoms with Crippen molar-refractivity contribution in [2.24, 2.45) is 0 Å². The molecule has 0 spiro atoms. The van der Waals surface area contributed by atoms with Crippen molar-refractivity contribution in [1.82, 2.24) is 25.5 Å². The summed E-state index contributed by atoms with van der Waals surface area (Å²) >= 11 is 1.84. The molecule has 1 aliphatic rings. The lowest BCUT2D eigenvalue weighted by molar-refractivity contribution is 0.402. The molecule has 6 nitrogen and oxygen atoms in total. The van der Waals surface area contributed by atoms with Gasteiger partial charge in [-0.05, 0) is 70.7 Å². The molecule has 0 amide bonds. The number of aromatic nitrogens is 4. The van der Waals surface area contributed by atoms with Crippen molar-refractivity contribution in [3.05, 3.63) is 53.9 Å². The lowest BCUT2D eigenvalue weighted by Gasteiger charge is -2.34. The van der Waals surface area contributed by atoms with Crippen LogP contribution >= 0.6 is 24.2 Å². The number of hydrogen-bond donors (Lipinski definition) is 1. The number of hydrogen-bond acceptors (Lipinski definition) is 6. The second-order valence-corrected chi connectivity index (χ2v) is 9.00. The molecule has 8 heteroatoms. The van der Waals surface area contributed by atoms with E-state index in [2.05, 4.69) is 101 Å². The van der Waals surface area contributed by atoms with E-state index < -0.39 is 0 Å². The normalized spacial score (nSPS) is 13.1. The number of para-hydroxylation sites is 1. The lowest BCUT2D eigenvalue weighted by Crippen LogP contribution is -2.27. The Hall–Kier alpha value is -2.09. The highest BCUT2D eigenvalue weighted by atomic mass is 35.5. The van der Waals surface area contributed by atoms with Gasteiger partial charge in [0.1, 0.15) is 0 Å². The quantitative estimate of drug-likeness (QED) is 0.621. The second kappa shape index (κ2) is 8.73. The molecule has 1 aromatic heterocycles. The number of fused-ring (bicyclic) bond motifs is 2. The van der Waals surface area contributed by atoms with Gasteiger partial charge in [0.15, 0.2) is 5.82 Å². The summed E-state index contributed by atoms with van der Waals surface area (Å²) in [5.74, 6) is 0.704. The fraction of sp³-hybridized carbons (Fsp3) is 0.381. The van der Waals surface area contributed by atoms with Crippen molar-refractivity contribution in [3.63, 3.8) is 0 Å². The standard InChI is InChI=1S/C21H26N6S.ClH/c1-21(2,20-22-24-25-23-20)15-10-11-19-17(14-15)27(13-7-12-26(3)4)16-8-5-6-9-18(16)28-19;/h5-6,8-11,14H,7,12-13H2,1-4H3,(H,22,23,24,25);1H. The minimum Gasteiger partial charge on any atom is -0.340 e. The van der Waals surface area contributed by atoms with Crippen LogP contribution in [0.5, 0.6) is 0 Å². The maximum Gasteiger partial charge on any atom is 0.184 e. The van der Waals surface area contributed by atoms with E-state index in [-0.39, 0.29) is 17.8 Å². The lowest BCUT2D eigenvalue weighted by atomic mass is 9.83. The zero-order valence-corrected chi connectivity index (χ0v) is 18.8. The van der Waals surface area contributed by atoms with Crippen LogP contribution < -0.4 is 4.90 Å². The summed E-state index contributed by atoms with van der Waals surface area (Å²) < 4.78 is 0. The molecule has 2 heterocycles. The van der Waals surface area contributed by atoms with Gasteiger partial charge in [0.2, 0.25) is 0 Å². The molecule has 0 atom stereocenters. The zero-order valence-electron chi connectivity index (χ0n) is 17.2. The first-order valence-corrected chi connectivity index (χ1v) is 10.4. The maximum atomic E-state index is 4.23. The van der Waals surface area contributed by atoms with Crippen molar-refractivity contribution in [3.8, 4) is 0 Å². The number of nitrogens with zero attached hydrogens (tertiary/aromatic N) is 5. The van der Waals surface area contributed by atoms with Gasteiger partial charge in [-0.3, -0.25) is 0 Å². The largest absolute Gasteiger partial charge is 0.340 e. The van der Waals surface area contributed by atoms with E-state index in [4.69, 9.17) is 0 Å². The first-order valence-electron chi connectivity index (χ1n) is 9.54. The van der Waals surface area contributed by atoms with Gasteiger partial charge in [0.25, 0.3) is 0 Å². The first kappa shape index (κ1) is 21.6. The van der Waals surface area contributed by atoms with Gasteiger partial charge in [0.05, 0.1) is 16.8 Å². The Bertz CT molecular complexity index is 958. The van der Waals surface area contributed by atoms with Crippen LogP contribution in [-0.2, 0) is 5.41 Å². The molecule has 1 N–H and O–H groups in total. The molecule has 0 saturated carbocycles. The molecule has 0 saturated heterocycles. The van der Waals surface area contributed by atoms with E-state index in [1.165, 1.54) is 26.7 Å². The Balaban J connectivity index is 0.00000240. The highest BCUT2D eigenvalue weighted by Gasteiger charge is 2.31. The van der Waals surface area contributed by atoms with E-state index in [0.717, 1.165) is 19.5 Å². The van der Waals surface area contributed by atoms with E-state index in [1.54, 1.807) is 0 Å². The van der Waals surface area contributed by atoms with Crippen LogP contribution in [-0.4, -0.2) is 52.7 Å². The minimum atomic E-state index is -0.320. The predicted molar refractivity (Wildman–Crippen MR) is 121 cm³/mol. The van der Waals surface area contributed by atoms with Crippen LogP contribution in [0.25, 0.3) is 0 Å². The van der Waals surface area contributed by atoms with Crippen molar-refractivity contribution in [2.45, 2.75) is 35.5 Å². The molecule has 154 valence electrons. The predicted octanol–water partition coefficient (Wildman–Crippen LogP) is 4.50. The average molecular weight is 431 g/mol. The van der Waals surface area contributed by atoms with Crippen LogP contribution in [0.4, 0.5) is 11.4 Å². The molecule has 0 radical (unpaired) electrons. The molecule has 2 aromatic carbocycles. The maximum absolute atomic E-state index is 4.23. The summed E-state index contributed by atoms with van der Waals surface area (Å²) in [5.41, 5.74) is 3.41. The third kappa shape index (κ3) is 4.27. The molecule has 0 unspecified atom stereocenters. The van der Waals surface area contributed by atoms with Crippen LogP contribution in [0.3, 0.4) is 0 Å². The minimum absolute atomic E-state index is 0. The van der Waals surface area contributed by atoms with Crippen LogP contribution in [0.2, 0.25) is 0 Å². The van der Waals surface area contributed by atoms with Gasteiger partial charge in [-0.15, -0.1) is 22.6 Å². The fourth-order valence-corrected chi connectivity index (χ4v) is 4.64. The van der Waals surface area contributed by atoms with E-state index in [1.807, 2.05) is 11.8 Å². The number of anilines is 2. The summed E-state index contributed by atoms with van der Waals surface area (Å²) in [5, 5.41) is 14.8. The molecule has 4 rings (SSSR count). The van der Waals surface area contributed by atoms with Gasteiger partial charge < -0.3 is 9.80 Å². The summed E-state index contributed by atoms with van der Waals surface area (Å²) in [6, 6.07) is 15.4. The number of tetrazole rings is 1. The monoisotopic (exact) mass is 430 g/mol. The molecular weight excluding hydrogens is 404 g/mol. The van der Waals surface area contributed by atoms with Crippen molar-refractivity contribution in [2.75, 3.05) is 32.1 Å². The van der Waals surface area contributed by atoms with Gasteiger partial charge >= 0.3 is 0 Å². The summed E-state index contributed by atoms with van der Waals surface area (Å²) in [6.45, 7) is 6.32. The first-order chi connectivity index (χ1) is 13.5. The third-order valence-electron chi connectivity index (χ3n) is 5.24. The number of benzene rings is 2. The molecular formula is C21H27ClN6S. The molecule has 3 aromatic rings. The smallest absolute Gasteiger partial charge is 0.184 e. The van der Waals surface area contributed by atoms with Crippen LogP contribution in [0.15, 0.2) is 52.3 Å². The van der Waals surface area contributed by atoms with Crippen molar-refractivity contribution < 1.29 is 0 Å². The van der Waals surface area contributed by atoms with Gasteiger partial charge in [-0.1, -0.05) is 35.2 Å². The summed E-state index contributed by atoms with van der Waals surface area (Å²) in [4.78, 5) is 7.29. The Morgan fingerprint density at radius 2 is 1.83 bits per heavy atom. The fourth-order valence-electron chi connectivity index (χ4n) is 3.56. The van der Waals surface area contributed by atoms with Gasteiger partial charge in [-0.2, -0.15) is 5.21 Å². The van der Waals surface area contributed by atoms with Crippen molar-refractivity contribution in [1.29, 1.82) is 0 Å². The Labute approximate surface area is 182 Å². The summed E-state index contributed by atoms with van der Waals surface area (Å²) in [6.07, 6.45) is 1.10. The topological polar surface area (TPSA) is 60.9 Å². The zero-order chi connectivity index (χ0) is 19.7. The number of H-pyrrole nitrogens is 1. The SMILES string of the molecule is CN(C)CCCN1c2ccccc2Sc2ccc(C(C)(C)c3nn[nH]n3)cc21.Cl. The average Bonchev–Trinajstić information content (AvgIpc) is 3.22. The molecule has 1 aliphatic heterocycles. The molecule has 29 heavy (non-hydrogen) atoms. The van der Waals surface area contributed by atoms with Crippen molar-refractivity contribution >= 4 is 35.5 Å². The van der Waals surface area contributed by atoms with E-state index in [0.29, 0.717) is 5.82 Å². The Kier molecular flexibility index (Phi) is 6.51. The molecule has 0 bridgehead atoms. The number of aromatic amines is 1. The third-order valence-corrected chi connectivity index (χ3v) is 6.37. The Morgan fingerprint density at radius 1 is 1.07 bits per heavy atom. The molecule has 0 aliphatic carbocycles. The van der Waals surface area contributed by atoms with Gasteiger partial charge in [0, 0.05) is 16.3 Å². The van der Waals surface area contributed by atoms with Crippen LogP contribution in [0, 0.1) is 0 Å². The van der Waals surface area contributed by atoms with Gasteiger partial charge in [-0.25, -0.2) is 0 Å². The van der Waals surface area contributed by atoms with Crippen LogP contribution in [0.1, 0.15) is 31.7 Å². The second-order valence-electron chi connectivity index (χ2n) is 7.92. The number of halogens is 1. The van der Waals surface area contributed by atoms with E-state index >= 15 is 0 Å². The highest BCUT2D eigenvalue weighted by Crippen LogP contribution is 2.49. The number of rotatable bonds is 6. The molecule has 0 fully saturated rings. The summed E-state index contributed by atoms with van der Waals surface area (Å²) in [7, 11) is 4.25. The Morgan fingerprint density at radius 3 is 2.55 bits per heavy atom.